The van der Waals surface area contributed by atoms with Crippen LogP contribution in [0.2, 0.25) is 0 Å². The van der Waals surface area contributed by atoms with Crippen LogP contribution in [0.1, 0.15) is 23.0 Å². The average molecular weight is 530 g/mol. The maximum Gasteiger partial charge on any atom is 0.336 e. The molecular formula is C22H16BrN3O6S. The lowest BCUT2D eigenvalue weighted by Gasteiger charge is -2.12. The zero-order chi connectivity index (χ0) is 23.9. The number of halogens is 1. The highest BCUT2D eigenvalue weighted by Crippen LogP contribution is 2.31. The number of carbonyl (C=O) groups is 2. The van der Waals surface area contributed by atoms with Crippen LogP contribution in [0.25, 0.3) is 17.4 Å². The van der Waals surface area contributed by atoms with Crippen LogP contribution in [0, 0.1) is 0 Å². The molecule has 1 aromatic heterocycles. The summed E-state index contributed by atoms with van der Waals surface area (Å²) in [6.45, 7) is 1.66. The van der Waals surface area contributed by atoms with E-state index in [1.165, 1.54) is 36.4 Å². The summed E-state index contributed by atoms with van der Waals surface area (Å²) in [6.07, 6.45) is 1.52. The molecule has 0 saturated carbocycles. The molecule has 0 radical (unpaired) electrons. The van der Waals surface area contributed by atoms with E-state index in [2.05, 4.69) is 21.0 Å². The second kappa shape index (κ2) is 8.43. The number of nitrogens with two attached hydrogens (primary N) is 1. The van der Waals surface area contributed by atoms with Gasteiger partial charge in [-0.2, -0.15) is 10.1 Å². The third-order valence-corrected chi connectivity index (χ3v) is 6.29. The van der Waals surface area contributed by atoms with Crippen molar-refractivity contribution in [2.75, 3.05) is 5.01 Å². The number of hydrogen-bond acceptors (Lipinski definition) is 6. The molecule has 33 heavy (non-hydrogen) atoms. The van der Waals surface area contributed by atoms with Crippen LogP contribution in [0.3, 0.4) is 0 Å². The number of primary sulfonamides is 1. The van der Waals surface area contributed by atoms with E-state index in [9.17, 15) is 23.1 Å². The van der Waals surface area contributed by atoms with E-state index in [0.717, 1.165) is 5.01 Å². The number of nitrogens with zero attached hydrogens (tertiary/aromatic N) is 2. The zero-order valence-electron chi connectivity index (χ0n) is 17.0. The highest BCUT2D eigenvalue weighted by Gasteiger charge is 2.29. The quantitative estimate of drug-likeness (QED) is 0.480. The Labute approximate surface area is 197 Å². The van der Waals surface area contributed by atoms with E-state index < -0.39 is 21.9 Å². The molecule has 1 aliphatic rings. The highest BCUT2D eigenvalue weighted by atomic mass is 79.9. The van der Waals surface area contributed by atoms with Gasteiger partial charge in [-0.3, -0.25) is 4.79 Å². The van der Waals surface area contributed by atoms with Crippen molar-refractivity contribution in [3.63, 3.8) is 0 Å². The first kappa shape index (κ1) is 22.6. The fourth-order valence-electron chi connectivity index (χ4n) is 3.26. The SMILES string of the molecule is CC1=NN(c2ccc(S(N)(=O)=O)cc2)C(=O)C1=Cc1ccc(-c2ccc(Br)cc2C(=O)O)o1. The van der Waals surface area contributed by atoms with Gasteiger partial charge in [-0.05, 0) is 67.6 Å². The van der Waals surface area contributed by atoms with Gasteiger partial charge in [0, 0.05) is 10.0 Å². The molecule has 0 saturated heterocycles. The molecule has 4 rings (SSSR count). The van der Waals surface area contributed by atoms with Gasteiger partial charge in [0.15, 0.2) is 0 Å². The first-order chi connectivity index (χ1) is 15.5. The van der Waals surface area contributed by atoms with Crippen molar-refractivity contribution < 1.29 is 27.5 Å². The van der Waals surface area contributed by atoms with Gasteiger partial charge in [0.2, 0.25) is 10.0 Å². The average Bonchev–Trinajstić information content (AvgIpc) is 3.33. The Kier molecular flexibility index (Phi) is 5.78. The molecule has 2 aromatic carbocycles. The number of anilines is 1. The molecule has 168 valence electrons. The molecule has 11 heteroatoms. The fourth-order valence-corrected chi connectivity index (χ4v) is 4.14. The van der Waals surface area contributed by atoms with Crippen molar-refractivity contribution in [2.24, 2.45) is 10.2 Å². The Balaban J connectivity index is 1.63. The van der Waals surface area contributed by atoms with Crippen molar-refractivity contribution in [1.29, 1.82) is 0 Å². The van der Waals surface area contributed by atoms with Gasteiger partial charge in [-0.25, -0.2) is 18.4 Å². The molecule has 1 aliphatic heterocycles. The Morgan fingerprint density at radius 2 is 1.85 bits per heavy atom. The first-order valence-corrected chi connectivity index (χ1v) is 11.8. The van der Waals surface area contributed by atoms with Crippen LogP contribution in [-0.2, 0) is 14.8 Å². The van der Waals surface area contributed by atoms with Crippen LogP contribution in [0.4, 0.5) is 5.69 Å². The normalized spacial score (nSPS) is 15.2. The van der Waals surface area contributed by atoms with Gasteiger partial charge in [-0.15, -0.1) is 0 Å². The molecule has 2 heterocycles. The molecule has 0 fully saturated rings. The number of hydrogen-bond donors (Lipinski definition) is 2. The van der Waals surface area contributed by atoms with Crippen molar-refractivity contribution in [3.8, 4) is 11.3 Å². The van der Waals surface area contributed by atoms with Gasteiger partial charge < -0.3 is 9.52 Å². The number of carboxylic acid groups (broad SMARTS) is 1. The van der Waals surface area contributed by atoms with E-state index in [1.807, 2.05) is 0 Å². The summed E-state index contributed by atoms with van der Waals surface area (Å²) in [7, 11) is -3.85. The van der Waals surface area contributed by atoms with Gasteiger partial charge in [-0.1, -0.05) is 15.9 Å². The van der Waals surface area contributed by atoms with Crippen LogP contribution in [-0.4, -0.2) is 31.1 Å². The molecule has 0 spiro atoms. The summed E-state index contributed by atoms with van der Waals surface area (Å²) >= 11 is 3.26. The molecule has 0 bridgehead atoms. The van der Waals surface area contributed by atoms with Crippen LogP contribution >= 0.6 is 15.9 Å². The van der Waals surface area contributed by atoms with Crippen molar-refractivity contribution in [3.05, 3.63) is 76.0 Å². The first-order valence-electron chi connectivity index (χ1n) is 9.42. The molecule has 3 N–H and O–H groups in total. The number of hydrazone groups is 1. The van der Waals surface area contributed by atoms with Crippen LogP contribution in [0.5, 0.6) is 0 Å². The number of benzene rings is 2. The number of carboxylic acids is 1. The van der Waals surface area contributed by atoms with Crippen molar-refractivity contribution in [2.45, 2.75) is 11.8 Å². The minimum Gasteiger partial charge on any atom is -0.478 e. The zero-order valence-corrected chi connectivity index (χ0v) is 19.4. The van der Waals surface area contributed by atoms with E-state index in [4.69, 9.17) is 9.56 Å². The standard InChI is InChI=1S/C22H16BrN3O6S/c1-12-18(21(27)26(25-12)14-3-6-16(7-4-14)33(24,30)31)11-15-5-9-20(32-15)17-8-2-13(23)10-19(17)22(28)29/h2-11H,1H3,(H,28,29)(H2,24,30,31). The number of furan rings is 1. The minimum absolute atomic E-state index is 0.0710. The minimum atomic E-state index is -3.85. The number of amides is 1. The maximum atomic E-state index is 12.9. The van der Waals surface area contributed by atoms with E-state index in [-0.39, 0.29) is 16.0 Å². The fraction of sp³-hybridized carbons (Fsp3) is 0.0455. The van der Waals surface area contributed by atoms with E-state index in [1.54, 1.807) is 31.2 Å². The summed E-state index contributed by atoms with van der Waals surface area (Å²) < 4.78 is 29.3. The third-order valence-electron chi connectivity index (χ3n) is 4.86. The largest absolute Gasteiger partial charge is 0.478 e. The van der Waals surface area contributed by atoms with E-state index >= 15 is 0 Å². The molecular weight excluding hydrogens is 514 g/mol. The molecule has 0 unspecified atom stereocenters. The summed E-state index contributed by atoms with van der Waals surface area (Å²) in [5.74, 6) is -0.847. The Hall–Kier alpha value is -3.54. The smallest absolute Gasteiger partial charge is 0.336 e. The van der Waals surface area contributed by atoms with E-state index in [0.29, 0.717) is 33.0 Å². The Bertz CT molecular complexity index is 1460. The van der Waals surface area contributed by atoms with Gasteiger partial charge in [0.25, 0.3) is 5.91 Å². The summed E-state index contributed by atoms with van der Waals surface area (Å²) in [4.78, 5) is 24.4. The predicted molar refractivity (Wildman–Crippen MR) is 125 cm³/mol. The second-order valence-electron chi connectivity index (χ2n) is 7.10. The molecule has 0 aliphatic carbocycles. The monoisotopic (exact) mass is 529 g/mol. The predicted octanol–water partition coefficient (Wildman–Crippen LogP) is 3.86. The number of rotatable bonds is 5. The van der Waals surface area contributed by atoms with Crippen molar-refractivity contribution >= 4 is 55.3 Å². The number of aromatic carboxylic acids is 1. The lowest BCUT2D eigenvalue weighted by atomic mass is 10.1. The van der Waals surface area contributed by atoms with Gasteiger partial charge >= 0.3 is 5.97 Å². The molecule has 0 atom stereocenters. The number of sulfonamides is 1. The number of carbonyl (C=O) groups excluding carboxylic acids is 1. The van der Waals surface area contributed by atoms with Crippen LogP contribution < -0.4 is 10.1 Å². The molecule has 3 aromatic rings. The maximum absolute atomic E-state index is 12.9. The lowest BCUT2D eigenvalue weighted by molar-refractivity contribution is -0.114. The Morgan fingerprint density at radius 3 is 2.48 bits per heavy atom. The molecule has 9 nitrogen and oxygen atoms in total. The van der Waals surface area contributed by atoms with Gasteiger partial charge in [0.05, 0.1) is 27.4 Å². The summed E-state index contributed by atoms with van der Waals surface area (Å²) in [6, 6.07) is 13.5. The second-order valence-corrected chi connectivity index (χ2v) is 9.57. The summed E-state index contributed by atoms with van der Waals surface area (Å²) in [5, 5.41) is 20.0. The topological polar surface area (TPSA) is 143 Å². The van der Waals surface area contributed by atoms with Crippen LogP contribution in [0.15, 0.2) is 79.1 Å². The highest BCUT2D eigenvalue weighted by molar-refractivity contribution is 9.10. The lowest BCUT2D eigenvalue weighted by Crippen LogP contribution is -2.21. The molecule has 1 amide bonds. The Morgan fingerprint density at radius 1 is 1.15 bits per heavy atom. The van der Waals surface area contributed by atoms with Gasteiger partial charge in [0.1, 0.15) is 11.5 Å². The third kappa shape index (κ3) is 4.51. The van der Waals surface area contributed by atoms with Crippen molar-refractivity contribution in [1.82, 2.24) is 0 Å². The summed E-state index contributed by atoms with van der Waals surface area (Å²) in [5.41, 5.74) is 1.55.